The number of esters is 1. The summed E-state index contributed by atoms with van der Waals surface area (Å²) in [6.45, 7) is 8.07. The van der Waals surface area contributed by atoms with Crippen LogP contribution >= 0.6 is 0 Å². The van der Waals surface area contributed by atoms with Gasteiger partial charge in [0.25, 0.3) is 0 Å². The second kappa shape index (κ2) is 8.47. The normalized spacial score (nSPS) is 17.3. The van der Waals surface area contributed by atoms with Gasteiger partial charge in [-0.3, -0.25) is 9.69 Å². The predicted molar refractivity (Wildman–Crippen MR) is 100 cm³/mol. The Hall–Kier alpha value is -2.48. The summed E-state index contributed by atoms with van der Waals surface area (Å²) in [6, 6.07) is 0.322. The van der Waals surface area contributed by atoms with E-state index in [1.807, 2.05) is 26.2 Å². The molecule has 0 saturated carbocycles. The Kier molecular flexibility index (Phi) is 6.05. The van der Waals surface area contributed by atoms with Crippen LogP contribution in [0.25, 0.3) is 0 Å². The number of carbonyl (C=O) groups excluding carboxylic acids is 1. The SMILES string of the molecule is CCOC(=O)CN(C)c1ncc(CN2CCC[C@@H]2c2c(C)noc2C)cn1. The average molecular weight is 373 g/mol. The number of aromatic nitrogens is 3. The molecule has 0 amide bonds. The number of ether oxygens (including phenoxy) is 1. The Labute approximate surface area is 159 Å². The quantitative estimate of drug-likeness (QED) is 0.684. The minimum absolute atomic E-state index is 0.132. The highest BCUT2D eigenvalue weighted by Gasteiger charge is 2.30. The van der Waals surface area contributed by atoms with Crippen molar-refractivity contribution in [3.63, 3.8) is 0 Å². The first-order valence-electron chi connectivity index (χ1n) is 9.34. The van der Waals surface area contributed by atoms with Crippen molar-refractivity contribution in [2.24, 2.45) is 0 Å². The molecular weight excluding hydrogens is 346 g/mol. The molecule has 1 atom stereocenters. The molecule has 8 heteroatoms. The number of hydrogen-bond donors (Lipinski definition) is 0. The number of likely N-dealkylation sites (tertiary alicyclic amines) is 1. The maximum absolute atomic E-state index is 11.6. The molecular formula is C19H27N5O3. The lowest BCUT2D eigenvalue weighted by Gasteiger charge is -2.24. The lowest BCUT2D eigenvalue weighted by atomic mass is 10.0. The van der Waals surface area contributed by atoms with Crippen molar-refractivity contribution < 1.29 is 14.1 Å². The molecule has 0 aliphatic carbocycles. The maximum atomic E-state index is 11.6. The van der Waals surface area contributed by atoms with Gasteiger partial charge in [-0.1, -0.05) is 5.16 Å². The number of anilines is 1. The molecule has 1 aliphatic heterocycles. The monoisotopic (exact) mass is 373 g/mol. The van der Waals surface area contributed by atoms with Crippen LogP contribution in [0, 0.1) is 13.8 Å². The lowest BCUT2D eigenvalue weighted by molar-refractivity contribution is -0.141. The number of likely N-dealkylation sites (N-methyl/N-ethyl adjacent to an activating group) is 1. The van der Waals surface area contributed by atoms with Crippen LogP contribution in [0.3, 0.4) is 0 Å². The van der Waals surface area contributed by atoms with Gasteiger partial charge in [0.2, 0.25) is 5.95 Å². The van der Waals surface area contributed by atoms with Crippen molar-refractivity contribution in [1.29, 1.82) is 0 Å². The maximum Gasteiger partial charge on any atom is 0.325 e. The molecule has 0 radical (unpaired) electrons. The zero-order valence-corrected chi connectivity index (χ0v) is 16.4. The third-order valence-electron chi connectivity index (χ3n) is 4.88. The van der Waals surface area contributed by atoms with E-state index in [-0.39, 0.29) is 12.5 Å². The number of hydrogen-bond acceptors (Lipinski definition) is 8. The zero-order valence-electron chi connectivity index (χ0n) is 16.4. The molecule has 0 unspecified atom stereocenters. The van der Waals surface area contributed by atoms with Crippen LogP contribution in [-0.4, -0.2) is 52.7 Å². The largest absolute Gasteiger partial charge is 0.465 e. The first-order valence-corrected chi connectivity index (χ1v) is 9.34. The molecule has 3 heterocycles. The molecule has 1 saturated heterocycles. The van der Waals surface area contributed by atoms with Crippen LogP contribution in [0.4, 0.5) is 5.95 Å². The van der Waals surface area contributed by atoms with Crippen molar-refractivity contribution in [2.75, 3.05) is 31.6 Å². The van der Waals surface area contributed by atoms with E-state index in [4.69, 9.17) is 9.26 Å². The molecule has 0 N–H and O–H groups in total. The molecule has 8 nitrogen and oxygen atoms in total. The summed E-state index contributed by atoms with van der Waals surface area (Å²) < 4.78 is 10.3. The van der Waals surface area contributed by atoms with Crippen LogP contribution in [-0.2, 0) is 16.1 Å². The van der Waals surface area contributed by atoms with Crippen LogP contribution < -0.4 is 4.90 Å². The summed E-state index contributed by atoms with van der Waals surface area (Å²) >= 11 is 0. The Morgan fingerprint density at radius 2 is 2.11 bits per heavy atom. The van der Waals surface area contributed by atoms with Crippen molar-refractivity contribution in [1.82, 2.24) is 20.0 Å². The van der Waals surface area contributed by atoms with Gasteiger partial charge in [-0.25, -0.2) is 9.97 Å². The zero-order chi connectivity index (χ0) is 19.4. The molecule has 0 spiro atoms. The first-order chi connectivity index (χ1) is 13.0. The Balaban J connectivity index is 1.65. The molecule has 1 aliphatic rings. The fraction of sp³-hybridized carbons (Fsp3) is 0.579. The summed E-state index contributed by atoms with van der Waals surface area (Å²) in [5.41, 5.74) is 3.22. The van der Waals surface area contributed by atoms with E-state index < -0.39 is 0 Å². The molecule has 146 valence electrons. The number of rotatable bonds is 7. The minimum atomic E-state index is -0.285. The van der Waals surface area contributed by atoms with E-state index in [0.717, 1.165) is 42.9 Å². The fourth-order valence-corrected chi connectivity index (χ4v) is 3.64. The van der Waals surface area contributed by atoms with E-state index in [0.29, 0.717) is 18.6 Å². The lowest BCUT2D eigenvalue weighted by Crippen LogP contribution is -2.28. The van der Waals surface area contributed by atoms with Gasteiger partial charge in [0.15, 0.2) is 0 Å². The van der Waals surface area contributed by atoms with Gasteiger partial charge in [-0.2, -0.15) is 0 Å². The van der Waals surface area contributed by atoms with Crippen molar-refractivity contribution in [3.05, 3.63) is 35.0 Å². The summed E-state index contributed by atoms with van der Waals surface area (Å²) in [5, 5.41) is 4.10. The average Bonchev–Trinajstić information content (AvgIpc) is 3.21. The molecule has 1 fully saturated rings. The number of aryl methyl sites for hydroxylation is 2. The first kappa shape index (κ1) is 19.3. The van der Waals surface area contributed by atoms with Gasteiger partial charge in [0.1, 0.15) is 12.3 Å². The molecule has 0 aromatic carbocycles. The van der Waals surface area contributed by atoms with Gasteiger partial charge in [0, 0.05) is 43.2 Å². The van der Waals surface area contributed by atoms with Crippen LogP contribution in [0.2, 0.25) is 0 Å². The molecule has 2 aromatic heterocycles. The highest BCUT2D eigenvalue weighted by molar-refractivity contribution is 5.74. The van der Waals surface area contributed by atoms with Gasteiger partial charge in [-0.15, -0.1) is 0 Å². The van der Waals surface area contributed by atoms with Crippen molar-refractivity contribution in [2.45, 2.75) is 46.2 Å². The standard InChI is InChI=1S/C19H27N5O3/c1-5-26-17(25)12-23(4)19-20-9-15(10-21-19)11-24-8-6-7-16(24)18-13(2)22-27-14(18)3/h9-10,16H,5-8,11-12H2,1-4H3/t16-/m1/s1. The van der Waals surface area contributed by atoms with E-state index in [2.05, 4.69) is 20.0 Å². The summed E-state index contributed by atoms with van der Waals surface area (Å²) in [4.78, 5) is 24.5. The second-order valence-corrected chi connectivity index (χ2v) is 6.92. The number of carbonyl (C=O) groups is 1. The minimum Gasteiger partial charge on any atom is -0.465 e. The Morgan fingerprint density at radius 1 is 1.37 bits per heavy atom. The van der Waals surface area contributed by atoms with Crippen molar-refractivity contribution in [3.8, 4) is 0 Å². The highest BCUT2D eigenvalue weighted by atomic mass is 16.5. The van der Waals surface area contributed by atoms with Crippen molar-refractivity contribution >= 4 is 11.9 Å². The highest BCUT2D eigenvalue weighted by Crippen LogP contribution is 2.36. The van der Waals surface area contributed by atoms with E-state index in [1.165, 1.54) is 5.56 Å². The van der Waals surface area contributed by atoms with Gasteiger partial charge in [0.05, 0.1) is 12.3 Å². The van der Waals surface area contributed by atoms with E-state index >= 15 is 0 Å². The van der Waals surface area contributed by atoms with E-state index in [1.54, 1.807) is 18.9 Å². The second-order valence-electron chi connectivity index (χ2n) is 6.92. The Morgan fingerprint density at radius 3 is 2.74 bits per heavy atom. The summed E-state index contributed by atoms with van der Waals surface area (Å²) in [7, 11) is 1.78. The van der Waals surface area contributed by atoms with Gasteiger partial charge in [-0.05, 0) is 40.2 Å². The van der Waals surface area contributed by atoms with Crippen LogP contribution in [0.1, 0.15) is 48.4 Å². The predicted octanol–water partition coefficient (Wildman–Crippen LogP) is 2.42. The smallest absolute Gasteiger partial charge is 0.325 e. The van der Waals surface area contributed by atoms with Crippen LogP contribution in [0.15, 0.2) is 16.9 Å². The van der Waals surface area contributed by atoms with Crippen LogP contribution in [0.5, 0.6) is 0 Å². The van der Waals surface area contributed by atoms with Gasteiger partial charge >= 0.3 is 5.97 Å². The fourth-order valence-electron chi connectivity index (χ4n) is 3.64. The molecule has 0 bridgehead atoms. The summed E-state index contributed by atoms with van der Waals surface area (Å²) in [6.07, 6.45) is 5.90. The third-order valence-corrected chi connectivity index (χ3v) is 4.88. The molecule has 27 heavy (non-hydrogen) atoms. The summed E-state index contributed by atoms with van der Waals surface area (Å²) in [5.74, 6) is 1.12. The number of nitrogens with zero attached hydrogens (tertiary/aromatic N) is 5. The molecule has 2 aromatic rings. The third kappa shape index (κ3) is 4.44. The Bertz CT molecular complexity index is 755. The van der Waals surface area contributed by atoms with E-state index in [9.17, 15) is 4.79 Å². The molecule has 3 rings (SSSR count). The van der Waals surface area contributed by atoms with Gasteiger partial charge < -0.3 is 14.2 Å². The topological polar surface area (TPSA) is 84.6 Å².